The van der Waals surface area contributed by atoms with Crippen LogP contribution in [0.2, 0.25) is 0 Å². The topological polar surface area (TPSA) is 102 Å². The lowest BCUT2D eigenvalue weighted by Crippen LogP contribution is -2.62. The van der Waals surface area contributed by atoms with Crippen molar-refractivity contribution < 1.29 is 49.9 Å². The van der Waals surface area contributed by atoms with Gasteiger partial charge in [0, 0.05) is 18.9 Å². The van der Waals surface area contributed by atoms with Gasteiger partial charge in [-0.2, -0.15) is 26.3 Å². The van der Waals surface area contributed by atoms with Crippen LogP contribution < -0.4 is 11.1 Å². The normalized spacial score (nSPS) is 20.2. The molecule has 0 aliphatic carbocycles. The molecule has 4 atom stereocenters. The second-order valence-corrected chi connectivity index (χ2v) is 12.7. The highest BCUT2D eigenvalue weighted by Crippen LogP contribution is 2.43. The van der Waals surface area contributed by atoms with Gasteiger partial charge in [-0.3, -0.25) is 4.79 Å². The van der Waals surface area contributed by atoms with Crippen LogP contribution in [0.5, 0.6) is 0 Å². The molecule has 2 amide bonds. The van der Waals surface area contributed by atoms with Crippen LogP contribution in [0, 0.1) is 12.7 Å². The smallest absolute Gasteiger partial charge is 0.416 e. The molecule has 1 aliphatic heterocycles. The van der Waals surface area contributed by atoms with E-state index in [-0.39, 0.29) is 38.5 Å². The molecule has 0 saturated carbocycles. The summed E-state index contributed by atoms with van der Waals surface area (Å²) in [6.45, 7) is 3.86. The van der Waals surface area contributed by atoms with Gasteiger partial charge in [0.05, 0.1) is 28.2 Å². The molecular weight excluding hydrogens is 659 g/mol. The van der Waals surface area contributed by atoms with E-state index >= 15 is 0 Å². The Kier molecular flexibility index (Phi) is 10.8. The molecule has 1 fully saturated rings. The molecule has 1 aliphatic rings. The lowest BCUT2D eigenvalue weighted by molar-refractivity contribution is -0.143. The fourth-order valence-corrected chi connectivity index (χ4v) is 6.16. The minimum Gasteiger partial charge on any atom is -0.445 e. The Labute approximate surface area is 278 Å². The number of aryl methyl sites for hydroxylation is 1. The van der Waals surface area contributed by atoms with Crippen LogP contribution in [0.25, 0.3) is 0 Å². The average molecular weight is 696 g/mol. The second kappa shape index (κ2) is 14.2. The summed E-state index contributed by atoms with van der Waals surface area (Å²) in [7, 11) is 0. The summed E-state index contributed by atoms with van der Waals surface area (Å²) < 4.78 is 101. The molecule has 1 heterocycles. The van der Waals surface area contributed by atoms with Crippen molar-refractivity contribution in [3.63, 3.8) is 0 Å². The third-order valence-electron chi connectivity index (χ3n) is 9.17. The van der Waals surface area contributed by atoms with Crippen LogP contribution in [0.15, 0.2) is 66.7 Å². The van der Waals surface area contributed by atoms with Crippen LogP contribution in [0.3, 0.4) is 0 Å². The molecule has 3 aromatic rings. The fourth-order valence-electron chi connectivity index (χ4n) is 6.16. The lowest BCUT2D eigenvalue weighted by atomic mass is 9.75. The van der Waals surface area contributed by atoms with Crippen LogP contribution in [0.1, 0.15) is 78.5 Å². The highest BCUT2D eigenvalue weighted by atomic mass is 19.4. The number of likely N-dealkylation sites (tertiary alicyclic amines) is 1. The van der Waals surface area contributed by atoms with Gasteiger partial charge in [-0.15, -0.1) is 0 Å². The van der Waals surface area contributed by atoms with Gasteiger partial charge in [0.25, 0.3) is 0 Å². The van der Waals surface area contributed by atoms with E-state index in [1.165, 1.54) is 30.9 Å². The first kappa shape index (κ1) is 37.4. The first-order valence-corrected chi connectivity index (χ1v) is 15.4. The zero-order valence-corrected chi connectivity index (χ0v) is 26.9. The van der Waals surface area contributed by atoms with E-state index in [1.807, 2.05) is 0 Å². The fraction of sp³-hybridized carbons (Fsp3) is 0.400. The number of nitrogens with two attached hydrogens (primary N) is 1. The molecule has 3 aromatic carbocycles. The highest BCUT2D eigenvalue weighted by molar-refractivity contribution is 5.87. The van der Waals surface area contributed by atoms with E-state index in [0.717, 1.165) is 6.07 Å². The van der Waals surface area contributed by atoms with E-state index in [0.29, 0.717) is 35.1 Å². The van der Waals surface area contributed by atoms with Gasteiger partial charge >= 0.3 is 18.4 Å². The second-order valence-electron chi connectivity index (χ2n) is 12.7. The van der Waals surface area contributed by atoms with Crippen LogP contribution >= 0.6 is 0 Å². The number of alkyl halides is 6. The number of aldehydes is 1. The monoisotopic (exact) mass is 695 g/mol. The molecule has 0 radical (unpaired) electrons. The number of halogens is 7. The SMILES string of the molecule is Cc1cc(F)ccc1[C@H]1C[C@@](CC=O)(NC(=O)OCc2ccccc2)CCN1C(=O)C(C)(N)[C@@H](C)c1cc(C(F)(F)F)cc(C(F)(F)F)c1. The molecule has 264 valence electrons. The molecule has 49 heavy (non-hydrogen) atoms. The first-order chi connectivity index (χ1) is 22.8. The third kappa shape index (κ3) is 8.59. The van der Waals surface area contributed by atoms with Crippen molar-refractivity contribution in [1.29, 1.82) is 0 Å². The molecule has 0 aromatic heterocycles. The van der Waals surface area contributed by atoms with Gasteiger partial charge in [0.2, 0.25) is 5.91 Å². The van der Waals surface area contributed by atoms with Crippen molar-refractivity contribution in [1.82, 2.24) is 10.2 Å². The van der Waals surface area contributed by atoms with Crippen LogP contribution in [0.4, 0.5) is 35.5 Å². The number of benzene rings is 3. The Hall–Kier alpha value is -4.46. The molecule has 4 rings (SSSR count). The summed E-state index contributed by atoms with van der Waals surface area (Å²) in [5.74, 6) is -2.74. The number of carbonyl (C=O) groups excluding carboxylic acids is 3. The number of nitrogens with zero attached hydrogens (tertiary/aromatic N) is 1. The minimum atomic E-state index is -5.11. The van der Waals surface area contributed by atoms with Crippen molar-refractivity contribution >= 4 is 18.3 Å². The summed E-state index contributed by atoms with van der Waals surface area (Å²) in [6.07, 6.45) is -10.7. The number of carbonyl (C=O) groups is 3. The van der Waals surface area contributed by atoms with Gasteiger partial charge in [0.1, 0.15) is 18.7 Å². The Morgan fingerprint density at radius 2 is 1.63 bits per heavy atom. The first-order valence-electron chi connectivity index (χ1n) is 15.4. The van der Waals surface area contributed by atoms with Crippen molar-refractivity contribution in [2.45, 2.75) is 82.0 Å². The van der Waals surface area contributed by atoms with E-state index in [9.17, 15) is 45.1 Å². The van der Waals surface area contributed by atoms with Crippen molar-refractivity contribution in [2.75, 3.05) is 6.54 Å². The maximum absolute atomic E-state index is 14.3. The van der Waals surface area contributed by atoms with Gasteiger partial charge < -0.3 is 25.5 Å². The number of hydrogen-bond acceptors (Lipinski definition) is 5. The molecule has 14 heteroatoms. The molecule has 3 N–H and O–H groups in total. The predicted molar refractivity (Wildman–Crippen MR) is 165 cm³/mol. The molecule has 0 spiro atoms. The third-order valence-corrected chi connectivity index (χ3v) is 9.17. The van der Waals surface area contributed by atoms with E-state index in [4.69, 9.17) is 10.5 Å². The van der Waals surface area contributed by atoms with Gasteiger partial charge in [-0.25, -0.2) is 9.18 Å². The highest BCUT2D eigenvalue weighted by Gasteiger charge is 2.49. The number of piperidine rings is 1. The number of nitrogens with one attached hydrogen (secondary N) is 1. The summed E-state index contributed by atoms with van der Waals surface area (Å²) in [6, 6.07) is 12.8. The molecule has 1 unspecified atom stereocenters. The number of ether oxygens (including phenoxy) is 1. The average Bonchev–Trinajstić information content (AvgIpc) is 3.02. The number of alkyl carbamates (subject to hydrolysis) is 1. The van der Waals surface area contributed by atoms with Gasteiger partial charge in [-0.05, 0) is 79.3 Å². The number of rotatable bonds is 9. The molecule has 7 nitrogen and oxygen atoms in total. The Morgan fingerprint density at radius 3 is 2.18 bits per heavy atom. The Bertz CT molecular complexity index is 1650. The van der Waals surface area contributed by atoms with E-state index in [1.54, 1.807) is 37.3 Å². The summed E-state index contributed by atoms with van der Waals surface area (Å²) >= 11 is 0. The van der Waals surface area contributed by atoms with E-state index < -0.39 is 69.9 Å². The van der Waals surface area contributed by atoms with Gasteiger partial charge in [-0.1, -0.05) is 43.3 Å². The molecular formula is C35H36F7N3O4. The minimum absolute atomic E-state index is 0.00560. The zero-order valence-electron chi connectivity index (χ0n) is 26.9. The standard InChI is InChI=1S/C35H36F7N3O4/c1-21-15-27(36)9-10-28(21)29-19-33(12-14-46,44-31(48)49-20-23-7-5-4-6-8-23)11-13-45(29)30(47)32(3,43)22(2)24-16-25(34(37,38)39)18-26(17-24)35(40,41)42/h4-10,14-18,22,29H,11-13,19-20,43H2,1-3H3,(H,44,48)/t22-,29+,32?,33+/m0/s1. The Balaban J connectivity index is 1.70. The number of amides is 2. The summed E-state index contributed by atoms with van der Waals surface area (Å²) in [4.78, 5) is 40.5. The maximum atomic E-state index is 14.3. The maximum Gasteiger partial charge on any atom is 0.416 e. The van der Waals surface area contributed by atoms with Crippen molar-refractivity contribution in [3.05, 3.63) is 106 Å². The van der Waals surface area contributed by atoms with Crippen LogP contribution in [-0.2, 0) is 33.3 Å². The molecule has 1 saturated heterocycles. The van der Waals surface area contributed by atoms with Gasteiger partial charge in [0.15, 0.2) is 0 Å². The quantitative estimate of drug-likeness (QED) is 0.177. The Morgan fingerprint density at radius 1 is 1.02 bits per heavy atom. The summed E-state index contributed by atoms with van der Waals surface area (Å²) in [5.41, 5.74) is 1.25. The predicted octanol–water partition coefficient (Wildman–Crippen LogP) is 7.61. The lowest BCUT2D eigenvalue weighted by Gasteiger charge is -2.49. The van der Waals surface area contributed by atoms with E-state index in [2.05, 4.69) is 5.32 Å². The number of hydrogen-bond donors (Lipinski definition) is 2. The van der Waals surface area contributed by atoms with Crippen molar-refractivity contribution in [3.8, 4) is 0 Å². The molecule has 0 bridgehead atoms. The summed E-state index contributed by atoms with van der Waals surface area (Å²) in [5, 5.41) is 2.77. The van der Waals surface area contributed by atoms with Crippen molar-refractivity contribution in [2.24, 2.45) is 5.73 Å². The largest absolute Gasteiger partial charge is 0.445 e. The van der Waals surface area contributed by atoms with Crippen LogP contribution in [-0.4, -0.2) is 40.8 Å². The zero-order chi connectivity index (χ0) is 36.4.